The first-order valence-corrected chi connectivity index (χ1v) is 14.1. The number of amides is 2. The zero-order chi connectivity index (χ0) is 28.8. The monoisotopic (exact) mass is 551 g/mol. The summed E-state index contributed by atoms with van der Waals surface area (Å²) in [6, 6.07) is 21.3. The lowest BCUT2D eigenvalue weighted by molar-refractivity contribution is -0.140. The van der Waals surface area contributed by atoms with E-state index in [1.54, 1.807) is 49.4 Å². The van der Waals surface area contributed by atoms with E-state index in [4.69, 9.17) is 4.74 Å². The van der Waals surface area contributed by atoms with Crippen molar-refractivity contribution in [2.24, 2.45) is 0 Å². The van der Waals surface area contributed by atoms with E-state index in [-0.39, 0.29) is 17.3 Å². The summed E-state index contributed by atoms with van der Waals surface area (Å²) < 4.78 is 33.9. The van der Waals surface area contributed by atoms with Gasteiger partial charge in [0, 0.05) is 12.1 Å². The smallest absolute Gasteiger partial charge is 0.264 e. The standard InChI is InChI=1S/C30H37N3O5S/c1-22-12-14-24(15-13-22)20-32(23(2)29(35)31-30(3,4)5)28(34)21-33(25-10-8-7-9-11-25)39(36,37)27-18-16-26(38-6)17-19-27/h7-19,23H,20-21H2,1-6H3,(H,31,35)/t23-/m0/s1. The van der Waals surface area contributed by atoms with Gasteiger partial charge in [0.1, 0.15) is 18.3 Å². The van der Waals surface area contributed by atoms with Crippen LogP contribution in [0, 0.1) is 6.92 Å². The Kier molecular flexibility index (Phi) is 9.40. The summed E-state index contributed by atoms with van der Waals surface area (Å²) in [7, 11) is -2.63. The van der Waals surface area contributed by atoms with Crippen molar-refractivity contribution in [3.05, 3.63) is 90.0 Å². The third-order valence-corrected chi connectivity index (χ3v) is 7.90. The number of hydrogen-bond acceptors (Lipinski definition) is 5. The van der Waals surface area contributed by atoms with Crippen molar-refractivity contribution in [1.82, 2.24) is 10.2 Å². The molecule has 1 N–H and O–H groups in total. The second-order valence-corrected chi connectivity index (χ2v) is 12.3. The van der Waals surface area contributed by atoms with Gasteiger partial charge in [0.15, 0.2) is 0 Å². The van der Waals surface area contributed by atoms with Crippen LogP contribution in [-0.2, 0) is 26.2 Å². The minimum Gasteiger partial charge on any atom is -0.497 e. The third-order valence-electron chi connectivity index (χ3n) is 6.11. The molecule has 0 unspecified atom stereocenters. The molecular weight excluding hydrogens is 514 g/mol. The van der Waals surface area contributed by atoms with Crippen molar-refractivity contribution in [2.45, 2.75) is 57.6 Å². The Morgan fingerprint density at radius 1 is 0.923 bits per heavy atom. The molecule has 3 aromatic carbocycles. The molecule has 0 aliphatic carbocycles. The first-order chi connectivity index (χ1) is 18.3. The van der Waals surface area contributed by atoms with E-state index in [1.807, 2.05) is 52.0 Å². The molecule has 0 fully saturated rings. The van der Waals surface area contributed by atoms with Crippen LogP contribution in [0.3, 0.4) is 0 Å². The first kappa shape index (κ1) is 29.7. The van der Waals surface area contributed by atoms with Gasteiger partial charge < -0.3 is 15.0 Å². The number of aryl methyl sites for hydroxylation is 1. The topological polar surface area (TPSA) is 96.0 Å². The van der Waals surface area contributed by atoms with Crippen molar-refractivity contribution in [2.75, 3.05) is 18.0 Å². The summed E-state index contributed by atoms with van der Waals surface area (Å²) in [5.41, 5.74) is 1.73. The quantitative estimate of drug-likeness (QED) is 0.399. The molecule has 0 aliphatic heterocycles. The number of carbonyl (C=O) groups excluding carboxylic acids is 2. The van der Waals surface area contributed by atoms with E-state index in [2.05, 4.69) is 5.32 Å². The second-order valence-electron chi connectivity index (χ2n) is 10.4. The van der Waals surface area contributed by atoms with Gasteiger partial charge in [-0.05, 0) is 76.6 Å². The highest BCUT2D eigenvalue weighted by Gasteiger charge is 2.33. The van der Waals surface area contributed by atoms with E-state index < -0.39 is 34.1 Å². The fourth-order valence-electron chi connectivity index (χ4n) is 3.94. The largest absolute Gasteiger partial charge is 0.497 e. The molecule has 0 saturated carbocycles. The Hall–Kier alpha value is -3.85. The van der Waals surface area contributed by atoms with Crippen molar-refractivity contribution in [1.29, 1.82) is 0 Å². The summed E-state index contributed by atoms with van der Waals surface area (Å²) in [6.45, 7) is 8.86. The maximum absolute atomic E-state index is 13.9. The van der Waals surface area contributed by atoms with E-state index in [0.717, 1.165) is 15.4 Å². The molecule has 0 aromatic heterocycles. The number of anilines is 1. The normalized spacial score (nSPS) is 12.4. The molecule has 2 amide bonds. The Bertz CT molecular complexity index is 1370. The summed E-state index contributed by atoms with van der Waals surface area (Å²) in [5, 5.41) is 2.92. The van der Waals surface area contributed by atoms with Crippen molar-refractivity contribution >= 4 is 27.5 Å². The van der Waals surface area contributed by atoms with Crippen LogP contribution in [-0.4, -0.2) is 50.4 Å². The van der Waals surface area contributed by atoms with Gasteiger partial charge in [-0.25, -0.2) is 8.42 Å². The second kappa shape index (κ2) is 12.3. The number of nitrogens with one attached hydrogen (secondary N) is 1. The van der Waals surface area contributed by atoms with Crippen LogP contribution in [0.2, 0.25) is 0 Å². The number of nitrogens with zero attached hydrogens (tertiary/aromatic N) is 2. The molecule has 39 heavy (non-hydrogen) atoms. The van der Waals surface area contributed by atoms with Crippen LogP contribution in [0.5, 0.6) is 5.75 Å². The molecule has 9 heteroatoms. The fraction of sp³-hybridized carbons (Fsp3) is 0.333. The molecule has 0 spiro atoms. The predicted molar refractivity (Wildman–Crippen MR) is 153 cm³/mol. The number of methoxy groups -OCH3 is 1. The molecule has 3 aromatic rings. The van der Waals surface area contributed by atoms with Crippen LogP contribution >= 0.6 is 0 Å². The lowest BCUT2D eigenvalue weighted by Gasteiger charge is -2.33. The molecule has 0 aliphatic rings. The number of rotatable bonds is 10. The van der Waals surface area contributed by atoms with E-state index in [0.29, 0.717) is 11.4 Å². The van der Waals surface area contributed by atoms with Gasteiger partial charge in [-0.3, -0.25) is 13.9 Å². The molecule has 0 bridgehead atoms. The van der Waals surface area contributed by atoms with Gasteiger partial charge in [0.05, 0.1) is 17.7 Å². The van der Waals surface area contributed by atoms with Gasteiger partial charge in [0.2, 0.25) is 11.8 Å². The van der Waals surface area contributed by atoms with Gasteiger partial charge in [-0.2, -0.15) is 0 Å². The zero-order valence-corrected chi connectivity index (χ0v) is 24.2. The number of ether oxygens (including phenoxy) is 1. The summed E-state index contributed by atoms with van der Waals surface area (Å²) in [4.78, 5) is 28.5. The highest BCUT2D eigenvalue weighted by atomic mass is 32.2. The summed E-state index contributed by atoms with van der Waals surface area (Å²) in [5.74, 6) is -0.320. The van der Waals surface area contributed by atoms with E-state index >= 15 is 0 Å². The van der Waals surface area contributed by atoms with Crippen LogP contribution < -0.4 is 14.4 Å². The Labute approximate surface area is 231 Å². The number of carbonyl (C=O) groups is 2. The van der Waals surface area contributed by atoms with Gasteiger partial charge >= 0.3 is 0 Å². The molecule has 0 saturated heterocycles. The molecule has 208 valence electrons. The first-order valence-electron chi connectivity index (χ1n) is 12.7. The van der Waals surface area contributed by atoms with Gasteiger partial charge in [-0.1, -0.05) is 48.0 Å². The Morgan fingerprint density at radius 3 is 2.05 bits per heavy atom. The Balaban J connectivity index is 2.00. The number of benzene rings is 3. The van der Waals surface area contributed by atoms with Crippen LogP contribution in [0.25, 0.3) is 0 Å². The third kappa shape index (κ3) is 7.83. The fourth-order valence-corrected chi connectivity index (χ4v) is 5.36. The average molecular weight is 552 g/mol. The molecular formula is C30H37N3O5S. The lowest BCUT2D eigenvalue weighted by atomic mass is 10.1. The number of para-hydroxylation sites is 1. The minimum atomic E-state index is -4.13. The SMILES string of the molecule is COc1ccc(S(=O)(=O)N(CC(=O)N(Cc2ccc(C)cc2)[C@@H](C)C(=O)NC(C)(C)C)c2ccccc2)cc1. The van der Waals surface area contributed by atoms with Crippen molar-refractivity contribution in [3.8, 4) is 5.75 Å². The van der Waals surface area contributed by atoms with Crippen molar-refractivity contribution < 1.29 is 22.7 Å². The van der Waals surface area contributed by atoms with E-state index in [9.17, 15) is 18.0 Å². The molecule has 0 radical (unpaired) electrons. The van der Waals surface area contributed by atoms with Crippen LogP contribution in [0.1, 0.15) is 38.8 Å². The highest BCUT2D eigenvalue weighted by Crippen LogP contribution is 2.26. The molecule has 8 nitrogen and oxygen atoms in total. The zero-order valence-electron chi connectivity index (χ0n) is 23.3. The van der Waals surface area contributed by atoms with Crippen molar-refractivity contribution in [3.63, 3.8) is 0 Å². The maximum atomic E-state index is 13.9. The number of hydrogen-bond donors (Lipinski definition) is 1. The summed E-state index contributed by atoms with van der Waals surface area (Å²) in [6.07, 6.45) is 0. The van der Waals surface area contributed by atoms with Gasteiger partial charge in [0.25, 0.3) is 10.0 Å². The predicted octanol–water partition coefficient (Wildman–Crippen LogP) is 4.53. The number of sulfonamides is 1. The molecule has 3 rings (SSSR count). The van der Waals surface area contributed by atoms with Crippen LogP contribution in [0.15, 0.2) is 83.8 Å². The Morgan fingerprint density at radius 2 is 1.51 bits per heavy atom. The lowest BCUT2D eigenvalue weighted by Crippen LogP contribution is -2.54. The highest BCUT2D eigenvalue weighted by molar-refractivity contribution is 7.92. The average Bonchev–Trinajstić information content (AvgIpc) is 2.90. The minimum absolute atomic E-state index is 0.0172. The van der Waals surface area contributed by atoms with Crippen LogP contribution in [0.4, 0.5) is 5.69 Å². The molecule has 1 atom stereocenters. The molecule has 0 heterocycles. The summed E-state index contributed by atoms with van der Waals surface area (Å²) >= 11 is 0. The maximum Gasteiger partial charge on any atom is 0.264 e. The van der Waals surface area contributed by atoms with E-state index in [1.165, 1.54) is 24.1 Å². The van der Waals surface area contributed by atoms with Gasteiger partial charge in [-0.15, -0.1) is 0 Å².